The summed E-state index contributed by atoms with van der Waals surface area (Å²) in [6.07, 6.45) is 6.74. The molecular formula is C15H25N5O. The molecular weight excluding hydrogens is 266 g/mol. The summed E-state index contributed by atoms with van der Waals surface area (Å²) >= 11 is 0. The fourth-order valence-corrected chi connectivity index (χ4v) is 2.40. The van der Waals surface area contributed by atoms with Gasteiger partial charge in [-0.3, -0.25) is 9.78 Å². The van der Waals surface area contributed by atoms with Gasteiger partial charge in [0.25, 0.3) is 5.91 Å². The number of rotatable bonds is 7. The van der Waals surface area contributed by atoms with Gasteiger partial charge in [-0.15, -0.1) is 0 Å². The molecule has 0 spiro atoms. The fourth-order valence-electron chi connectivity index (χ4n) is 2.40. The van der Waals surface area contributed by atoms with Gasteiger partial charge in [0.1, 0.15) is 11.5 Å². The quantitative estimate of drug-likeness (QED) is 0.824. The summed E-state index contributed by atoms with van der Waals surface area (Å²) in [7, 11) is 1.83. The van der Waals surface area contributed by atoms with Crippen molar-refractivity contribution in [3.8, 4) is 0 Å². The molecule has 0 aliphatic carbocycles. The van der Waals surface area contributed by atoms with E-state index in [1.54, 1.807) is 11.1 Å². The minimum absolute atomic E-state index is 0.0677. The molecule has 0 aromatic carbocycles. The minimum Gasteiger partial charge on any atom is -0.369 e. The molecule has 1 amide bonds. The Morgan fingerprint density at radius 1 is 1.38 bits per heavy atom. The number of hydrogen-bond donors (Lipinski definition) is 1. The molecule has 21 heavy (non-hydrogen) atoms. The smallest absolute Gasteiger partial charge is 0.273 e. The van der Waals surface area contributed by atoms with Gasteiger partial charge in [-0.05, 0) is 32.4 Å². The van der Waals surface area contributed by atoms with Crippen LogP contribution in [0.1, 0.15) is 36.7 Å². The zero-order valence-electron chi connectivity index (χ0n) is 13.0. The van der Waals surface area contributed by atoms with E-state index in [1.165, 1.54) is 19.0 Å². The Bertz CT molecular complexity index is 459. The van der Waals surface area contributed by atoms with Gasteiger partial charge in [-0.25, -0.2) is 4.98 Å². The number of nitrogens with one attached hydrogen (secondary N) is 1. The maximum absolute atomic E-state index is 12.4. The first-order chi connectivity index (χ1) is 10.2. The lowest BCUT2D eigenvalue weighted by atomic mass is 10.3. The van der Waals surface area contributed by atoms with Crippen molar-refractivity contribution >= 4 is 11.7 Å². The van der Waals surface area contributed by atoms with Crippen molar-refractivity contribution in [1.82, 2.24) is 19.8 Å². The summed E-state index contributed by atoms with van der Waals surface area (Å²) in [4.78, 5) is 24.9. The molecule has 0 radical (unpaired) electrons. The van der Waals surface area contributed by atoms with Gasteiger partial charge in [-0.1, -0.05) is 6.92 Å². The second-order valence-corrected chi connectivity index (χ2v) is 5.49. The molecule has 1 N–H and O–H groups in total. The number of anilines is 1. The number of nitrogens with zero attached hydrogens (tertiary/aromatic N) is 4. The average Bonchev–Trinajstić information content (AvgIpc) is 3.03. The highest BCUT2D eigenvalue weighted by molar-refractivity contribution is 5.92. The molecule has 2 rings (SSSR count). The average molecular weight is 291 g/mol. The first-order valence-corrected chi connectivity index (χ1v) is 7.74. The predicted octanol–water partition coefficient (Wildman–Crippen LogP) is 1.47. The predicted molar refractivity (Wildman–Crippen MR) is 83.4 cm³/mol. The van der Waals surface area contributed by atoms with Crippen LogP contribution >= 0.6 is 0 Å². The summed E-state index contributed by atoms with van der Waals surface area (Å²) < 4.78 is 0. The summed E-state index contributed by atoms with van der Waals surface area (Å²) in [5.74, 6) is 0.595. The van der Waals surface area contributed by atoms with Crippen molar-refractivity contribution in [3.05, 3.63) is 18.1 Å². The third-order valence-corrected chi connectivity index (χ3v) is 3.71. The van der Waals surface area contributed by atoms with Crippen molar-refractivity contribution in [2.24, 2.45) is 0 Å². The number of aromatic nitrogens is 2. The van der Waals surface area contributed by atoms with E-state index in [1.807, 2.05) is 7.05 Å². The molecule has 1 aromatic heterocycles. The topological polar surface area (TPSA) is 61.4 Å². The van der Waals surface area contributed by atoms with E-state index in [2.05, 4.69) is 27.1 Å². The Morgan fingerprint density at radius 3 is 2.86 bits per heavy atom. The maximum Gasteiger partial charge on any atom is 0.273 e. The van der Waals surface area contributed by atoms with Crippen LogP contribution < -0.4 is 5.32 Å². The second kappa shape index (κ2) is 7.93. The number of amides is 1. The largest absolute Gasteiger partial charge is 0.369 e. The van der Waals surface area contributed by atoms with Gasteiger partial charge in [0.05, 0.1) is 12.4 Å². The van der Waals surface area contributed by atoms with Crippen LogP contribution in [0, 0.1) is 0 Å². The lowest BCUT2D eigenvalue weighted by Crippen LogP contribution is -2.35. The molecule has 6 heteroatoms. The molecule has 0 bridgehead atoms. The van der Waals surface area contributed by atoms with Gasteiger partial charge in [-0.2, -0.15) is 0 Å². The molecule has 1 aliphatic rings. The normalized spacial score (nSPS) is 15.1. The number of carbonyl (C=O) groups is 1. The summed E-state index contributed by atoms with van der Waals surface area (Å²) in [5, 5.41) is 3.15. The first kappa shape index (κ1) is 15.7. The SMILES string of the molecule is CCCNc1cncc(C(=O)N(C)CCN2CCCC2)n1. The second-order valence-electron chi connectivity index (χ2n) is 5.49. The summed E-state index contributed by atoms with van der Waals surface area (Å²) in [5.41, 5.74) is 0.403. The van der Waals surface area contributed by atoms with E-state index < -0.39 is 0 Å². The number of hydrogen-bond acceptors (Lipinski definition) is 5. The highest BCUT2D eigenvalue weighted by Gasteiger charge is 2.17. The maximum atomic E-state index is 12.4. The van der Waals surface area contributed by atoms with Crippen molar-refractivity contribution < 1.29 is 4.79 Å². The van der Waals surface area contributed by atoms with E-state index in [0.717, 1.165) is 39.1 Å². The number of carbonyl (C=O) groups excluding carboxylic acids is 1. The zero-order chi connectivity index (χ0) is 15.1. The monoisotopic (exact) mass is 291 g/mol. The van der Waals surface area contributed by atoms with Crippen molar-refractivity contribution in [2.45, 2.75) is 26.2 Å². The van der Waals surface area contributed by atoms with E-state index in [4.69, 9.17) is 0 Å². The Hall–Kier alpha value is -1.69. The Kier molecular flexibility index (Phi) is 5.92. The molecule has 116 valence electrons. The Balaban J connectivity index is 1.88. The van der Waals surface area contributed by atoms with Crippen LogP contribution in [-0.4, -0.2) is 65.4 Å². The molecule has 1 aromatic rings. The van der Waals surface area contributed by atoms with Gasteiger partial charge < -0.3 is 15.1 Å². The first-order valence-electron chi connectivity index (χ1n) is 7.74. The fraction of sp³-hybridized carbons (Fsp3) is 0.667. The van der Waals surface area contributed by atoms with E-state index in [9.17, 15) is 4.79 Å². The highest BCUT2D eigenvalue weighted by atomic mass is 16.2. The Labute approximate surface area is 126 Å². The molecule has 0 saturated carbocycles. The van der Waals surface area contributed by atoms with Gasteiger partial charge in [0.15, 0.2) is 0 Å². The molecule has 0 atom stereocenters. The number of likely N-dealkylation sites (tertiary alicyclic amines) is 1. The Morgan fingerprint density at radius 2 is 2.14 bits per heavy atom. The molecule has 0 unspecified atom stereocenters. The zero-order valence-corrected chi connectivity index (χ0v) is 13.0. The molecule has 6 nitrogen and oxygen atoms in total. The molecule has 1 aliphatic heterocycles. The van der Waals surface area contributed by atoms with E-state index in [0.29, 0.717) is 11.5 Å². The third kappa shape index (κ3) is 4.67. The van der Waals surface area contributed by atoms with Crippen LogP contribution in [0.2, 0.25) is 0 Å². The van der Waals surface area contributed by atoms with Crippen LogP contribution in [0.5, 0.6) is 0 Å². The van der Waals surface area contributed by atoms with Crippen LogP contribution in [-0.2, 0) is 0 Å². The van der Waals surface area contributed by atoms with E-state index >= 15 is 0 Å². The molecule has 1 saturated heterocycles. The van der Waals surface area contributed by atoms with Crippen LogP contribution in [0.3, 0.4) is 0 Å². The highest BCUT2D eigenvalue weighted by Crippen LogP contribution is 2.08. The van der Waals surface area contributed by atoms with Crippen LogP contribution in [0.25, 0.3) is 0 Å². The van der Waals surface area contributed by atoms with Crippen molar-refractivity contribution in [1.29, 1.82) is 0 Å². The minimum atomic E-state index is -0.0677. The van der Waals surface area contributed by atoms with Crippen molar-refractivity contribution in [3.63, 3.8) is 0 Å². The standard InChI is InChI=1S/C15H25N5O/c1-3-6-17-14-12-16-11-13(18-14)15(21)19(2)9-10-20-7-4-5-8-20/h11-12H,3-10H2,1-2H3,(H,17,18). The summed E-state index contributed by atoms with van der Waals surface area (Å²) in [6.45, 7) is 6.88. The van der Waals surface area contributed by atoms with Crippen molar-refractivity contribution in [2.75, 3.05) is 45.1 Å². The van der Waals surface area contributed by atoms with Gasteiger partial charge in [0, 0.05) is 26.7 Å². The lowest BCUT2D eigenvalue weighted by Gasteiger charge is -2.21. The third-order valence-electron chi connectivity index (χ3n) is 3.71. The van der Waals surface area contributed by atoms with E-state index in [-0.39, 0.29) is 5.91 Å². The molecule has 1 fully saturated rings. The molecule has 2 heterocycles. The van der Waals surface area contributed by atoms with Crippen LogP contribution in [0.15, 0.2) is 12.4 Å². The summed E-state index contributed by atoms with van der Waals surface area (Å²) in [6, 6.07) is 0. The lowest BCUT2D eigenvalue weighted by molar-refractivity contribution is 0.0776. The van der Waals surface area contributed by atoms with Crippen LogP contribution in [0.4, 0.5) is 5.82 Å². The van der Waals surface area contributed by atoms with Gasteiger partial charge >= 0.3 is 0 Å². The number of likely N-dealkylation sites (N-methyl/N-ethyl adjacent to an activating group) is 1. The van der Waals surface area contributed by atoms with Gasteiger partial charge in [0.2, 0.25) is 0 Å².